The Kier molecular flexibility index (Phi) is 4.77. The van der Waals surface area contributed by atoms with Crippen molar-refractivity contribution >= 4 is 21.6 Å². The molecule has 0 amide bonds. The summed E-state index contributed by atoms with van der Waals surface area (Å²) >= 11 is 3.38. The van der Waals surface area contributed by atoms with E-state index in [4.69, 9.17) is 4.74 Å². The van der Waals surface area contributed by atoms with E-state index in [1.807, 2.05) is 18.2 Å². The molecule has 21 heavy (non-hydrogen) atoms. The summed E-state index contributed by atoms with van der Waals surface area (Å²) in [5, 5.41) is 2.99. The van der Waals surface area contributed by atoms with Crippen molar-refractivity contribution in [3.8, 4) is 5.75 Å². The molecule has 2 nitrogen and oxygen atoms in total. The number of hydrogen-bond donors (Lipinski definition) is 1. The summed E-state index contributed by atoms with van der Waals surface area (Å²) in [5.41, 5.74) is 0.786. The van der Waals surface area contributed by atoms with E-state index in [0.29, 0.717) is 0 Å². The van der Waals surface area contributed by atoms with Gasteiger partial charge in [0.25, 0.3) is 0 Å². The van der Waals surface area contributed by atoms with E-state index in [1.54, 1.807) is 7.05 Å². The van der Waals surface area contributed by atoms with Gasteiger partial charge in [0.2, 0.25) is 0 Å². The van der Waals surface area contributed by atoms with Crippen molar-refractivity contribution in [3.05, 3.63) is 58.1 Å². The van der Waals surface area contributed by atoms with Crippen LogP contribution in [0.2, 0.25) is 0 Å². The van der Waals surface area contributed by atoms with E-state index >= 15 is 0 Å². The molecular weight excluding hydrogens is 347 g/mol. The van der Waals surface area contributed by atoms with Crippen molar-refractivity contribution in [3.63, 3.8) is 0 Å². The Morgan fingerprint density at radius 2 is 1.81 bits per heavy atom. The van der Waals surface area contributed by atoms with E-state index in [1.165, 1.54) is 18.2 Å². The van der Waals surface area contributed by atoms with Crippen molar-refractivity contribution in [1.82, 2.24) is 0 Å². The van der Waals surface area contributed by atoms with Crippen LogP contribution >= 0.6 is 15.9 Å². The van der Waals surface area contributed by atoms with Crippen LogP contribution in [0.4, 0.5) is 18.9 Å². The molecule has 0 fully saturated rings. The molecule has 2 aromatic carbocycles. The lowest BCUT2D eigenvalue weighted by Crippen LogP contribution is -2.09. The van der Waals surface area contributed by atoms with Gasteiger partial charge in [0.1, 0.15) is 12.4 Å². The molecular formula is C15H13BrF3NO. The van der Waals surface area contributed by atoms with E-state index in [9.17, 15) is 13.2 Å². The number of rotatable bonds is 4. The standard InChI is InChI=1S/C15H13BrF3NO/c1-20-13-7-4-6-12(16)10(13)9-21-14-8-3-2-5-11(14)15(17,18)19/h2-8,20H,9H2,1H3. The van der Waals surface area contributed by atoms with Crippen molar-refractivity contribution in [2.45, 2.75) is 12.8 Å². The second-order valence-electron chi connectivity index (χ2n) is 4.30. The Morgan fingerprint density at radius 3 is 2.48 bits per heavy atom. The van der Waals surface area contributed by atoms with Crippen molar-refractivity contribution < 1.29 is 17.9 Å². The normalized spacial score (nSPS) is 11.3. The van der Waals surface area contributed by atoms with Gasteiger partial charge < -0.3 is 10.1 Å². The van der Waals surface area contributed by atoms with Crippen LogP contribution in [0.1, 0.15) is 11.1 Å². The Hall–Kier alpha value is -1.69. The number of para-hydroxylation sites is 1. The van der Waals surface area contributed by atoms with Crippen LogP contribution < -0.4 is 10.1 Å². The molecule has 0 aliphatic heterocycles. The summed E-state index contributed by atoms with van der Waals surface area (Å²) in [6, 6.07) is 10.7. The Balaban J connectivity index is 2.26. The highest BCUT2D eigenvalue weighted by atomic mass is 79.9. The number of hydrogen-bond acceptors (Lipinski definition) is 2. The van der Waals surface area contributed by atoms with E-state index in [0.717, 1.165) is 21.8 Å². The lowest BCUT2D eigenvalue weighted by Gasteiger charge is -2.16. The molecule has 2 rings (SSSR count). The second-order valence-corrected chi connectivity index (χ2v) is 5.15. The van der Waals surface area contributed by atoms with Gasteiger partial charge in [-0.15, -0.1) is 0 Å². The Labute approximate surface area is 129 Å². The van der Waals surface area contributed by atoms with E-state index in [-0.39, 0.29) is 12.4 Å². The van der Waals surface area contributed by atoms with Crippen LogP contribution in [0.15, 0.2) is 46.9 Å². The highest BCUT2D eigenvalue weighted by molar-refractivity contribution is 9.10. The molecule has 0 atom stereocenters. The third-order valence-electron chi connectivity index (χ3n) is 2.95. The minimum absolute atomic E-state index is 0.0324. The van der Waals surface area contributed by atoms with Gasteiger partial charge >= 0.3 is 6.18 Å². The average Bonchev–Trinajstić information content (AvgIpc) is 2.45. The predicted molar refractivity (Wildman–Crippen MR) is 79.5 cm³/mol. The summed E-state index contributed by atoms with van der Waals surface area (Å²) in [6.07, 6.45) is -4.43. The summed E-state index contributed by atoms with van der Waals surface area (Å²) in [4.78, 5) is 0. The molecule has 6 heteroatoms. The van der Waals surface area contributed by atoms with Crippen LogP contribution in [-0.4, -0.2) is 7.05 Å². The molecule has 0 saturated heterocycles. The van der Waals surface area contributed by atoms with Gasteiger partial charge in [0.15, 0.2) is 0 Å². The Bertz CT molecular complexity index is 629. The van der Waals surface area contributed by atoms with Gasteiger partial charge in [-0.1, -0.05) is 34.1 Å². The van der Waals surface area contributed by atoms with E-state index < -0.39 is 11.7 Å². The maximum absolute atomic E-state index is 12.9. The summed E-state index contributed by atoms with van der Waals surface area (Å²) < 4.78 is 44.9. The molecule has 2 aromatic rings. The monoisotopic (exact) mass is 359 g/mol. The molecule has 112 valence electrons. The fourth-order valence-electron chi connectivity index (χ4n) is 1.92. The van der Waals surface area contributed by atoms with Crippen LogP contribution in [0.25, 0.3) is 0 Å². The lowest BCUT2D eigenvalue weighted by molar-refractivity contribution is -0.139. The molecule has 0 spiro atoms. The molecule has 0 radical (unpaired) electrons. The van der Waals surface area contributed by atoms with Gasteiger partial charge in [-0.3, -0.25) is 0 Å². The number of anilines is 1. The average molecular weight is 360 g/mol. The van der Waals surface area contributed by atoms with Crippen molar-refractivity contribution in [2.24, 2.45) is 0 Å². The number of halogens is 4. The first-order chi connectivity index (χ1) is 9.93. The third kappa shape index (κ3) is 3.69. The van der Waals surface area contributed by atoms with Gasteiger partial charge in [0, 0.05) is 22.8 Å². The smallest absolute Gasteiger partial charge is 0.419 e. The zero-order valence-corrected chi connectivity index (χ0v) is 12.8. The molecule has 0 heterocycles. The highest BCUT2D eigenvalue weighted by Crippen LogP contribution is 2.36. The molecule has 0 aliphatic carbocycles. The largest absolute Gasteiger partial charge is 0.488 e. The van der Waals surface area contributed by atoms with Crippen molar-refractivity contribution in [2.75, 3.05) is 12.4 Å². The minimum Gasteiger partial charge on any atom is -0.488 e. The van der Waals surface area contributed by atoms with Gasteiger partial charge in [-0.25, -0.2) is 0 Å². The first kappa shape index (κ1) is 15.7. The maximum Gasteiger partial charge on any atom is 0.419 e. The fraction of sp³-hybridized carbons (Fsp3) is 0.200. The van der Waals surface area contributed by atoms with Crippen molar-refractivity contribution in [1.29, 1.82) is 0 Å². The zero-order valence-electron chi connectivity index (χ0n) is 11.2. The first-order valence-electron chi connectivity index (χ1n) is 6.17. The molecule has 0 bridgehead atoms. The maximum atomic E-state index is 12.9. The number of benzene rings is 2. The second kappa shape index (κ2) is 6.39. The van der Waals surface area contributed by atoms with Gasteiger partial charge in [-0.05, 0) is 24.3 Å². The molecule has 0 unspecified atom stereocenters. The zero-order chi connectivity index (χ0) is 15.5. The summed E-state index contributed by atoms with van der Waals surface area (Å²) in [7, 11) is 1.74. The SMILES string of the molecule is CNc1cccc(Br)c1COc1ccccc1C(F)(F)F. The summed E-state index contributed by atoms with van der Waals surface area (Å²) in [5.74, 6) is -0.178. The highest BCUT2D eigenvalue weighted by Gasteiger charge is 2.34. The lowest BCUT2D eigenvalue weighted by atomic mass is 10.1. The Morgan fingerprint density at radius 1 is 1.10 bits per heavy atom. The van der Waals surface area contributed by atoms with E-state index in [2.05, 4.69) is 21.2 Å². The van der Waals surface area contributed by atoms with Gasteiger partial charge in [0.05, 0.1) is 5.56 Å². The first-order valence-corrected chi connectivity index (χ1v) is 6.97. The topological polar surface area (TPSA) is 21.3 Å². The van der Waals surface area contributed by atoms with Crippen LogP contribution in [0.5, 0.6) is 5.75 Å². The number of nitrogens with one attached hydrogen (secondary N) is 1. The van der Waals surface area contributed by atoms with Gasteiger partial charge in [-0.2, -0.15) is 13.2 Å². The molecule has 1 N–H and O–H groups in total. The third-order valence-corrected chi connectivity index (χ3v) is 3.70. The predicted octanol–water partition coefficient (Wildman–Crippen LogP) is 5.09. The van der Waals surface area contributed by atoms with Crippen LogP contribution in [0.3, 0.4) is 0 Å². The molecule has 0 aromatic heterocycles. The quantitative estimate of drug-likeness (QED) is 0.820. The minimum atomic E-state index is -4.43. The molecule has 0 aliphatic rings. The number of alkyl halides is 3. The van der Waals surface area contributed by atoms with Crippen LogP contribution in [-0.2, 0) is 12.8 Å². The van der Waals surface area contributed by atoms with Crippen LogP contribution in [0, 0.1) is 0 Å². The summed E-state index contributed by atoms with van der Waals surface area (Å²) in [6.45, 7) is 0.0324. The molecule has 0 saturated carbocycles. The fourth-order valence-corrected chi connectivity index (χ4v) is 2.40. The number of ether oxygens (including phenoxy) is 1.